The maximum absolute atomic E-state index is 12.7. The molecule has 5 saturated carbocycles. The monoisotopic (exact) mass is 587 g/mol. The molecular weight excluding hydrogens is 516 g/mol. The summed E-state index contributed by atoms with van der Waals surface area (Å²) in [6.45, 7) is 28.6. The van der Waals surface area contributed by atoms with E-state index in [2.05, 4.69) is 76.2 Å². The number of aliphatic hydroxyl groups excluding tert-OH is 3. The summed E-state index contributed by atoms with van der Waals surface area (Å²) >= 11 is 0. The van der Waals surface area contributed by atoms with E-state index in [0.717, 1.165) is 30.6 Å². The lowest BCUT2D eigenvalue weighted by Crippen LogP contribution is -2.70. The third kappa shape index (κ3) is 4.90. The number of fused-ring (bicyclic) bond motifs is 3. The molecule has 3 heteroatoms. The highest BCUT2D eigenvalue weighted by molar-refractivity contribution is 5.19. The van der Waals surface area contributed by atoms with Crippen molar-refractivity contribution in [3.63, 3.8) is 0 Å². The van der Waals surface area contributed by atoms with Gasteiger partial charge in [-0.1, -0.05) is 76.2 Å². The molecule has 244 valence electrons. The second-order valence-electron chi connectivity index (χ2n) is 19.5. The van der Waals surface area contributed by atoms with Crippen LogP contribution in [-0.4, -0.2) is 33.6 Å². The van der Waals surface area contributed by atoms with E-state index in [1.54, 1.807) is 0 Å². The highest BCUT2D eigenvalue weighted by Gasteiger charge is 2.70. The second kappa shape index (κ2) is 11.0. The van der Waals surface area contributed by atoms with E-state index in [4.69, 9.17) is 0 Å². The Morgan fingerprint density at radius 1 is 0.833 bits per heavy atom. The predicted molar refractivity (Wildman–Crippen MR) is 175 cm³/mol. The van der Waals surface area contributed by atoms with Gasteiger partial charge in [0.2, 0.25) is 0 Å². The normalized spacial score (nSPS) is 55.9. The summed E-state index contributed by atoms with van der Waals surface area (Å²) in [6, 6.07) is 0. The van der Waals surface area contributed by atoms with Crippen molar-refractivity contribution >= 4 is 0 Å². The molecule has 5 fully saturated rings. The smallest absolute Gasteiger partial charge is 0.0656 e. The lowest BCUT2D eigenvalue weighted by Gasteiger charge is -2.72. The highest BCUT2D eigenvalue weighted by atomic mass is 16.3. The van der Waals surface area contributed by atoms with Crippen LogP contribution in [0.2, 0.25) is 0 Å². The third-order valence-electron chi connectivity index (χ3n) is 16.1. The third-order valence-corrected chi connectivity index (χ3v) is 16.1. The van der Waals surface area contributed by atoms with Gasteiger partial charge >= 0.3 is 0 Å². The molecule has 5 rings (SSSR count). The summed E-state index contributed by atoms with van der Waals surface area (Å²) in [5, 5.41) is 35.7. The number of aliphatic hydroxyl groups is 3. The second-order valence-corrected chi connectivity index (χ2v) is 19.5. The molecule has 3 N–H and O–H groups in total. The minimum atomic E-state index is -0.548. The van der Waals surface area contributed by atoms with E-state index >= 15 is 0 Å². The van der Waals surface area contributed by atoms with Gasteiger partial charge in [-0.15, -0.1) is 0 Å². The van der Waals surface area contributed by atoms with E-state index < -0.39 is 12.2 Å². The molecule has 15 atom stereocenters. The Kier molecular flexibility index (Phi) is 8.71. The minimum Gasteiger partial charge on any atom is -0.393 e. The topological polar surface area (TPSA) is 60.7 Å². The molecular formula is C39H70O3. The van der Waals surface area contributed by atoms with Crippen molar-refractivity contribution < 1.29 is 15.3 Å². The van der Waals surface area contributed by atoms with Crippen molar-refractivity contribution in [1.29, 1.82) is 0 Å². The summed E-state index contributed by atoms with van der Waals surface area (Å²) in [7, 11) is 0. The summed E-state index contributed by atoms with van der Waals surface area (Å²) in [5.74, 6) is 5.80. The molecule has 0 heterocycles. The van der Waals surface area contributed by atoms with Crippen LogP contribution >= 0.6 is 0 Å². The van der Waals surface area contributed by atoms with Gasteiger partial charge in [-0.05, 0) is 140 Å². The SMILES string of the molecule is CC(C)C1CC(C2CCC(C(C)(C)C)CC2)C(C)C2C(O)C3C(C)C4(C)C(O)C(C(C)O)C(C)CC4(C)CC3(C)CC12. The zero-order valence-electron chi connectivity index (χ0n) is 29.7. The molecule has 0 radical (unpaired) electrons. The molecule has 15 unspecified atom stereocenters. The summed E-state index contributed by atoms with van der Waals surface area (Å²) in [5.41, 5.74) is 0.167. The highest BCUT2D eigenvalue weighted by Crippen LogP contribution is 2.73. The fraction of sp³-hybridized carbons (Fsp3) is 1.00. The van der Waals surface area contributed by atoms with Gasteiger partial charge in [0, 0.05) is 11.3 Å². The van der Waals surface area contributed by atoms with Crippen molar-refractivity contribution in [2.45, 2.75) is 153 Å². The number of hydrogen-bond acceptors (Lipinski definition) is 3. The van der Waals surface area contributed by atoms with Crippen LogP contribution in [0, 0.1) is 92.7 Å². The van der Waals surface area contributed by atoms with Gasteiger partial charge in [-0.2, -0.15) is 0 Å². The maximum atomic E-state index is 12.7. The van der Waals surface area contributed by atoms with E-state index in [1.165, 1.54) is 38.5 Å². The van der Waals surface area contributed by atoms with Crippen molar-refractivity contribution in [2.24, 2.45) is 92.7 Å². The Hall–Kier alpha value is -0.120. The average molecular weight is 587 g/mol. The van der Waals surface area contributed by atoms with E-state index in [0.29, 0.717) is 40.9 Å². The van der Waals surface area contributed by atoms with Crippen LogP contribution in [0.25, 0.3) is 0 Å². The van der Waals surface area contributed by atoms with Crippen LogP contribution in [0.5, 0.6) is 0 Å². The van der Waals surface area contributed by atoms with Crippen molar-refractivity contribution in [3.05, 3.63) is 0 Å². The predicted octanol–water partition coefficient (Wildman–Crippen LogP) is 8.84. The van der Waals surface area contributed by atoms with Crippen LogP contribution in [0.1, 0.15) is 134 Å². The lowest BCUT2D eigenvalue weighted by atomic mass is 9.33. The Balaban J connectivity index is 1.48. The first-order chi connectivity index (χ1) is 19.3. The van der Waals surface area contributed by atoms with Gasteiger partial charge in [0.15, 0.2) is 0 Å². The van der Waals surface area contributed by atoms with Crippen LogP contribution in [0.15, 0.2) is 0 Å². The fourth-order valence-corrected chi connectivity index (χ4v) is 14.0. The largest absolute Gasteiger partial charge is 0.393 e. The molecule has 0 aromatic heterocycles. The minimum absolute atomic E-state index is 0.00369. The van der Waals surface area contributed by atoms with Crippen LogP contribution in [-0.2, 0) is 0 Å². The summed E-state index contributed by atoms with van der Waals surface area (Å²) in [6.07, 6.45) is 8.83. The molecule has 0 aromatic rings. The molecule has 0 amide bonds. The molecule has 42 heavy (non-hydrogen) atoms. The van der Waals surface area contributed by atoms with E-state index in [1.807, 2.05) is 6.92 Å². The number of rotatable bonds is 3. The first-order valence-corrected chi connectivity index (χ1v) is 18.3. The van der Waals surface area contributed by atoms with Gasteiger partial charge in [0.1, 0.15) is 0 Å². The van der Waals surface area contributed by atoms with Crippen molar-refractivity contribution in [1.82, 2.24) is 0 Å². The molecule has 3 nitrogen and oxygen atoms in total. The fourth-order valence-electron chi connectivity index (χ4n) is 14.0. The Labute approximate surface area is 260 Å². The summed E-state index contributed by atoms with van der Waals surface area (Å²) < 4.78 is 0. The van der Waals surface area contributed by atoms with Gasteiger partial charge < -0.3 is 15.3 Å². The van der Waals surface area contributed by atoms with E-state index in [9.17, 15) is 15.3 Å². The van der Waals surface area contributed by atoms with Crippen LogP contribution < -0.4 is 0 Å². The van der Waals surface area contributed by atoms with Crippen molar-refractivity contribution in [3.8, 4) is 0 Å². The first kappa shape index (κ1) is 33.2. The zero-order chi connectivity index (χ0) is 31.3. The molecule has 0 spiro atoms. The van der Waals surface area contributed by atoms with Crippen LogP contribution in [0.3, 0.4) is 0 Å². The Morgan fingerprint density at radius 2 is 1.43 bits per heavy atom. The quantitative estimate of drug-likeness (QED) is 0.310. The molecule has 0 bridgehead atoms. The van der Waals surface area contributed by atoms with Gasteiger partial charge in [-0.25, -0.2) is 0 Å². The van der Waals surface area contributed by atoms with Crippen LogP contribution in [0.4, 0.5) is 0 Å². The average Bonchev–Trinajstić information content (AvgIpc) is 2.85. The van der Waals surface area contributed by atoms with Crippen molar-refractivity contribution in [2.75, 3.05) is 0 Å². The van der Waals surface area contributed by atoms with Gasteiger partial charge in [-0.3, -0.25) is 0 Å². The zero-order valence-corrected chi connectivity index (χ0v) is 29.7. The van der Waals surface area contributed by atoms with Gasteiger partial charge in [0.25, 0.3) is 0 Å². The van der Waals surface area contributed by atoms with E-state index in [-0.39, 0.29) is 40.1 Å². The molecule has 5 aliphatic carbocycles. The number of hydrogen-bond donors (Lipinski definition) is 3. The molecule has 0 aliphatic heterocycles. The standard InChI is InChI=1S/C39H70O3/c1-21(2)28-17-29(26-13-15-27(16-14-26)36(7,8)9)23(4)32-30(28)19-37(10)20-38(11)18-22(3)31(25(6)40)35(42)39(38,12)24(5)33(37)34(32)41/h21-35,40-42H,13-20H2,1-12H3. The summed E-state index contributed by atoms with van der Waals surface area (Å²) in [4.78, 5) is 0. The molecule has 0 saturated heterocycles. The molecule has 5 aliphatic rings. The Bertz CT molecular complexity index is 959. The Morgan fingerprint density at radius 3 is 1.95 bits per heavy atom. The maximum Gasteiger partial charge on any atom is 0.0656 e. The first-order valence-electron chi connectivity index (χ1n) is 18.3. The molecule has 0 aromatic carbocycles. The van der Waals surface area contributed by atoms with Gasteiger partial charge in [0.05, 0.1) is 18.3 Å². The lowest BCUT2D eigenvalue weighted by molar-refractivity contribution is -0.282.